The SMILES string of the molecule is CCOC(=O)c1nc(-c2ccc(Cl)cc2Cl)n(-c2ccc(Br)cc2)c1C.Cc1c(C(=O)N=[N+]=[N-])nc(-c2ccc(Cl)cc2Cl)n1-c1ccc(Br)cc1.Cc1c(CC(=O)CC2CCCCC2)nc(-c2ccc(Cl)cc2Cl)n1-c1ccc(Br)cc1. The Bertz CT molecular complexity index is 3910. The van der Waals surface area contributed by atoms with Crippen molar-refractivity contribution in [2.24, 2.45) is 11.0 Å². The van der Waals surface area contributed by atoms with Gasteiger partial charge in [0.2, 0.25) is 0 Å². The summed E-state index contributed by atoms with van der Waals surface area (Å²) in [5.41, 5.74) is 16.5. The molecule has 3 heterocycles. The summed E-state index contributed by atoms with van der Waals surface area (Å²) in [4.78, 5) is 53.7. The number of azide groups is 1. The molecule has 10 rings (SSSR count). The lowest BCUT2D eigenvalue weighted by molar-refractivity contribution is -0.119. The second-order valence-electron chi connectivity index (χ2n) is 19.2. The Morgan fingerprint density at radius 2 is 0.952 bits per heavy atom. The van der Waals surface area contributed by atoms with E-state index in [0.29, 0.717) is 83.1 Å². The van der Waals surface area contributed by atoms with E-state index in [0.717, 1.165) is 53.3 Å². The Kier molecular flexibility index (Phi) is 22.0. The lowest BCUT2D eigenvalue weighted by Crippen LogP contribution is -2.14. The van der Waals surface area contributed by atoms with Gasteiger partial charge in [-0.15, -0.1) is 0 Å². The molecule has 1 amide bonds. The highest BCUT2D eigenvalue weighted by atomic mass is 79.9. The van der Waals surface area contributed by atoms with E-state index in [-0.39, 0.29) is 23.8 Å². The predicted molar refractivity (Wildman–Crippen MR) is 344 cm³/mol. The zero-order valence-electron chi connectivity index (χ0n) is 44.9. The van der Waals surface area contributed by atoms with Crippen LogP contribution in [0.1, 0.15) is 89.2 Å². The van der Waals surface area contributed by atoms with Gasteiger partial charge in [0, 0.05) is 79.3 Å². The summed E-state index contributed by atoms with van der Waals surface area (Å²) < 4.78 is 13.7. The number of aromatic nitrogens is 6. The molecule has 1 aliphatic carbocycles. The largest absolute Gasteiger partial charge is 0.461 e. The van der Waals surface area contributed by atoms with E-state index >= 15 is 0 Å². The van der Waals surface area contributed by atoms with Gasteiger partial charge in [-0.25, -0.2) is 19.7 Å². The molecule has 22 heteroatoms. The van der Waals surface area contributed by atoms with Gasteiger partial charge >= 0.3 is 5.97 Å². The predicted octanol–water partition coefficient (Wildman–Crippen LogP) is 20.5. The van der Waals surface area contributed by atoms with E-state index in [4.69, 9.17) is 84.9 Å². The summed E-state index contributed by atoms with van der Waals surface area (Å²) in [6.45, 7) is 7.61. The van der Waals surface area contributed by atoms with Crippen molar-refractivity contribution in [3.63, 3.8) is 0 Å². The van der Waals surface area contributed by atoms with Gasteiger partial charge in [-0.1, -0.05) is 149 Å². The van der Waals surface area contributed by atoms with Crippen LogP contribution >= 0.6 is 117 Å². The van der Waals surface area contributed by atoms with E-state index in [2.05, 4.69) is 72.4 Å². The summed E-state index contributed by atoms with van der Waals surface area (Å²) in [5, 5.41) is 6.14. The van der Waals surface area contributed by atoms with Crippen LogP contribution in [0.3, 0.4) is 0 Å². The van der Waals surface area contributed by atoms with Crippen LogP contribution in [0.2, 0.25) is 30.1 Å². The number of halogens is 9. The number of imidazole rings is 3. The lowest BCUT2D eigenvalue weighted by Gasteiger charge is -2.20. The number of hydrogen-bond donors (Lipinski definition) is 0. The summed E-state index contributed by atoms with van der Waals surface area (Å²) in [5.74, 6) is 1.29. The highest BCUT2D eigenvalue weighted by molar-refractivity contribution is 9.11. The maximum atomic E-state index is 12.9. The van der Waals surface area contributed by atoms with Crippen LogP contribution in [0.15, 0.2) is 146 Å². The number of benzene rings is 6. The van der Waals surface area contributed by atoms with Crippen LogP contribution < -0.4 is 0 Å². The van der Waals surface area contributed by atoms with Gasteiger partial charge in [0.05, 0.1) is 45.2 Å². The molecule has 0 atom stereocenters. The standard InChI is InChI=1S/C25H25BrCl2N2O.C19H15BrCl2N2O2.C17H10BrCl2N5O/c1-16-24(15-21(31)13-17-5-3-2-4-6-17)29-25(22-12-9-19(27)14-23(22)28)30(16)20-10-7-18(26)8-11-20;1-3-26-19(25)17-11(2)24(14-7-4-12(20)5-8-14)18(23-17)15-9-6-13(21)10-16(15)22;1-9-15(17(26)23-24-21)22-16(13-7-4-11(19)8-14(13)20)25(9)12-5-2-10(18)3-6-12/h7-12,14,17H,2-6,13,15H2,1H3;4-10H,3H2,1-2H3;2-8H,1H3. The number of ketones is 1. The highest BCUT2D eigenvalue weighted by Gasteiger charge is 2.27. The Hall–Kier alpha value is -5.75. The number of esters is 1. The molecule has 0 unspecified atom stereocenters. The first-order valence-electron chi connectivity index (χ1n) is 26.0. The second kappa shape index (κ2) is 28.9. The fourth-order valence-electron chi connectivity index (χ4n) is 9.65. The zero-order chi connectivity index (χ0) is 59.6. The number of carbonyl (C=O) groups is 3. The summed E-state index contributed by atoms with van der Waals surface area (Å²) in [6.07, 6.45) is 7.13. The molecule has 83 heavy (non-hydrogen) atoms. The lowest BCUT2D eigenvalue weighted by atomic mass is 9.85. The van der Waals surface area contributed by atoms with Gasteiger partial charge in [-0.3, -0.25) is 23.3 Å². The third-order valence-corrected chi connectivity index (χ3v) is 16.8. The first kappa shape index (κ1) is 63.3. The molecule has 0 bridgehead atoms. The minimum Gasteiger partial charge on any atom is -0.461 e. The fraction of sp³-hybridized carbons (Fsp3) is 0.213. The maximum Gasteiger partial charge on any atom is 0.358 e. The Morgan fingerprint density at radius 3 is 1.35 bits per heavy atom. The van der Waals surface area contributed by atoms with Crippen LogP contribution in [0.5, 0.6) is 0 Å². The Morgan fingerprint density at radius 1 is 0.566 bits per heavy atom. The van der Waals surface area contributed by atoms with E-state index in [1.54, 1.807) is 60.9 Å². The molecule has 1 fully saturated rings. The Labute approximate surface area is 535 Å². The van der Waals surface area contributed by atoms with Crippen molar-refractivity contribution >= 4 is 135 Å². The number of rotatable bonds is 13. The van der Waals surface area contributed by atoms with E-state index < -0.39 is 11.9 Å². The molecule has 9 aromatic rings. The van der Waals surface area contributed by atoms with Crippen molar-refractivity contribution in [2.75, 3.05) is 6.61 Å². The summed E-state index contributed by atoms with van der Waals surface area (Å²) in [7, 11) is 0. The maximum absolute atomic E-state index is 12.9. The second-order valence-corrected chi connectivity index (χ2v) is 24.4. The fourth-order valence-corrected chi connectivity index (χ4v) is 11.9. The van der Waals surface area contributed by atoms with Crippen molar-refractivity contribution < 1.29 is 19.1 Å². The topological polar surface area (TPSA) is 163 Å². The van der Waals surface area contributed by atoms with E-state index in [9.17, 15) is 14.4 Å². The quantitative estimate of drug-likeness (QED) is 0.0480. The van der Waals surface area contributed by atoms with Crippen molar-refractivity contribution in [3.05, 3.63) is 216 Å². The minimum atomic E-state index is -0.757. The number of carbonyl (C=O) groups excluding carboxylic acids is 3. The molecule has 13 nitrogen and oxygen atoms in total. The molecule has 1 aliphatic rings. The molecular weight excluding hydrogens is 1380 g/mol. The van der Waals surface area contributed by atoms with E-state index in [1.807, 2.05) is 103 Å². The molecule has 3 aromatic heterocycles. The number of amides is 1. The van der Waals surface area contributed by atoms with Crippen molar-refractivity contribution in [1.82, 2.24) is 28.7 Å². The molecular formula is C61H50Br3Cl6N9O4. The number of Topliss-reactive ketones (excluding diaryl/α,β-unsaturated/α-hetero) is 1. The zero-order valence-corrected chi connectivity index (χ0v) is 54.2. The normalized spacial score (nSPS) is 12.2. The van der Waals surface area contributed by atoms with Crippen LogP contribution in [0.25, 0.3) is 61.7 Å². The van der Waals surface area contributed by atoms with Gasteiger partial charge in [-0.05, 0) is 172 Å². The molecule has 0 radical (unpaired) electrons. The van der Waals surface area contributed by atoms with Gasteiger partial charge in [0.25, 0.3) is 5.91 Å². The van der Waals surface area contributed by atoms with Gasteiger partial charge in [-0.2, -0.15) is 0 Å². The van der Waals surface area contributed by atoms with Gasteiger partial charge in [0.15, 0.2) is 5.69 Å². The van der Waals surface area contributed by atoms with Crippen molar-refractivity contribution in [1.29, 1.82) is 0 Å². The van der Waals surface area contributed by atoms with Crippen LogP contribution in [0, 0.1) is 26.7 Å². The average Bonchev–Trinajstić information content (AvgIpc) is 2.94. The third kappa shape index (κ3) is 15.4. The molecule has 426 valence electrons. The number of ether oxygens (including phenoxy) is 1. The molecule has 0 saturated heterocycles. The Balaban J connectivity index is 0.000000164. The molecule has 1 saturated carbocycles. The van der Waals surface area contributed by atoms with Crippen molar-refractivity contribution in [3.8, 4) is 51.2 Å². The first-order valence-corrected chi connectivity index (χ1v) is 30.6. The van der Waals surface area contributed by atoms with Gasteiger partial charge < -0.3 is 4.74 Å². The highest BCUT2D eigenvalue weighted by Crippen LogP contribution is 2.38. The first-order chi connectivity index (χ1) is 39.8. The van der Waals surface area contributed by atoms with Crippen LogP contribution in [-0.4, -0.2) is 52.9 Å². The smallest absolute Gasteiger partial charge is 0.358 e. The average molecular weight is 1430 g/mol. The minimum absolute atomic E-state index is 0.0618. The molecule has 6 aromatic carbocycles. The monoisotopic (exact) mass is 1420 g/mol. The van der Waals surface area contributed by atoms with Gasteiger partial charge in [0.1, 0.15) is 29.0 Å². The molecule has 0 aliphatic heterocycles. The summed E-state index contributed by atoms with van der Waals surface area (Å²) >= 11 is 47.7. The number of nitrogens with zero attached hydrogens (tertiary/aromatic N) is 9. The van der Waals surface area contributed by atoms with Crippen LogP contribution in [-0.2, 0) is 16.0 Å². The van der Waals surface area contributed by atoms with Crippen LogP contribution in [0.4, 0.5) is 0 Å². The summed E-state index contributed by atoms with van der Waals surface area (Å²) in [6, 6.07) is 38.9. The molecule has 0 N–H and O–H groups in total. The van der Waals surface area contributed by atoms with E-state index in [1.165, 1.54) is 32.1 Å². The third-order valence-electron chi connectivity index (χ3n) is 13.6. The van der Waals surface area contributed by atoms with Crippen molar-refractivity contribution in [2.45, 2.75) is 72.6 Å². The number of hydrogen-bond acceptors (Lipinski definition) is 7. The molecule has 0 spiro atoms.